The van der Waals surface area contributed by atoms with E-state index in [0.717, 1.165) is 10.9 Å². The van der Waals surface area contributed by atoms with Crippen molar-refractivity contribution in [3.8, 4) is 17.6 Å². The molecule has 1 fully saturated rings. The van der Waals surface area contributed by atoms with Gasteiger partial charge >= 0.3 is 0 Å². The van der Waals surface area contributed by atoms with Crippen LogP contribution in [0.5, 0.6) is 11.5 Å². The maximum absolute atomic E-state index is 13.0. The predicted molar refractivity (Wildman–Crippen MR) is 141 cm³/mol. The maximum atomic E-state index is 13.0. The molecule has 186 valence electrons. The number of benzene rings is 3. The van der Waals surface area contributed by atoms with Gasteiger partial charge in [0.15, 0.2) is 5.82 Å². The highest BCUT2D eigenvalue weighted by Gasteiger charge is 2.30. The largest absolute Gasteiger partial charge is 0.457 e. The molecule has 0 spiro atoms. The molecule has 1 aromatic heterocycles. The van der Waals surface area contributed by atoms with Gasteiger partial charge in [0.1, 0.15) is 17.6 Å². The van der Waals surface area contributed by atoms with Crippen LogP contribution in [0.25, 0.3) is 0 Å². The van der Waals surface area contributed by atoms with Gasteiger partial charge in [0, 0.05) is 42.8 Å². The molecular weight excluding hydrogens is 486 g/mol. The number of aliphatic hydroxyl groups excluding tert-OH is 1. The van der Waals surface area contributed by atoms with Crippen molar-refractivity contribution in [3.63, 3.8) is 0 Å². The summed E-state index contributed by atoms with van der Waals surface area (Å²) in [4.78, 5) is 21.5. The Hall–Kier alpha value is -4.26. The lowest BCUT2D eigenvalue weighted by molar-refractivity contribution is 0.0674. The number of nitriles is 1. The number of rotatable bonds is 6. The zero-order chi connectivity index (χ0) is 25.8. The van der Waals surface area contributed by atoms with Gasteiger partial charge in [0.25, 0.3) is 5.91 Å². The molecule has 4 aromatic rings. The van der Waals surface area contributed by atoms with E-state index in [2.05, 4.69) is 20.3 Å². The van der Waals surface area contributed by atoms with E-state index in [1.54, 1.807) is 36.4 Å². The normalized spacial score (nSPS) is 16.2. The summed E-state index contributed by atoms with van der Waals surface area (Å²) < 4.78 is 10.2. The van der Waals surface area contributed by atoms with Crippen LogP contribution in [0.2, 0.25) is 0 Å². The van der Waals surface area contributed by atoms with E-state index in [-0.39, 0.29) is 11.9 Å². The number of carbonyl (C=O) groups excluding carboxylic acids is 1. The molecule has 0 bridgehead atoms. The number of para-hydroxylation sites is 1. The van der Waals surface area contributed by atoms with E-state index in [1.807, 2.05) is 54.3 Å². The summed E-state index contributed by atoms with van der Waals surface area (Å²) in [5.74, 6) is 1.72. The summed E-state index contributed by atoms with van der Waals surface area (Å²) in [6.07, 6.45) is -0.951. The second-order valence-corrected chi connectivity index (χ2v) is 9.53. The van der Waals surface area contributed by atoms with Crippen LogP contribution in [-0.2, 0) is 0 Å². The molecule has 2 heterocycles. The fourth-order valence-electron chi connectivity index (χ4n) is 4.24. The number of amides is 1. The van der Waals surface area contributed by atoms with Crippen LogP contribution in [0.1, 0.15) is 40.3 Å². The van der Waals surface area contributed by atoms with Crippen molar-refractivity contribution >= 4 is 22.6 Å². The summed E-state index contributed by atoms with van der Waals surface area (Å²) in [6.45, 7) is 3.77. The Morgan fingerprint density at radius 3 is 2.43 bits per heavy atom. The number of hydrogen-bond acceptors (Lipinski definition) is 8. The fourth-order valence-corrected chi connectivity index (χ4v) is 4.98. The monoisotopic (exact) mass is 511 g/mol. The minimum absolute atomic E-state index is 0.0358. The molecule has 1 aliphatic heterocycles. The van der Waals surface area contributed by atoms with Gasteiger partial charge in [-0.1, -0.05) is 30.3 Å². The Morgan fingerprint density at radius 1 is 1.05 bits per heavy atom. The van der Waals surface area contributed by atoms with Crippen molar-refractivity contribution in [1.29, 1.82) is 5.26 Å². The number of carbonyl (C=O) groups is 1. The molecule has 1 aliphatic rings. The Morgan fingerprint density at radius 2 is 1.76 bits per heavy atom. The molecular formula is C28H25N5O3S. The number of aromatic nitrogens is 2. The first-order valence-electron chi connectivity index (χ1n) is 11.9. The van der Waals surface area contributed by atoms with Gasteiger partial charge in [-0.05, 0) is 61.0 Å². The zero-order valence-corrected chi connectivity index (χ0v) is 21.0. The number of ether oxygens (including phenoxy) is 1. The van der Waals surface area contributed by atoms with Gasteiger partial charge < -0.3 is 19.6 Å². The van der Waals surface area contributed by atoms with E-state index < -0.39 is 6.10 Å². The topological polar surface area (TPSA) is 103 Å². The van der Waals surface area contributed by atoms with Crippen molar-refractivity contribution in [1.82, 2.24) is 14.3 Å². The Bertz CT molecular complexity index is 1400. The molecule has 8 nitrogen and oxygen atoms in total. The second kappa shape index (κ2) is 10.8. The second-order valence-electron chi connectivity index (χ2n) is 8.80. The molecule has 0 saturated carbocycles. The van der Waals surface area contributed by atoms with E-state index in [1.165, 1.54) is 11.5 Å². The highest BCUT2D eigenvalue weighted by atomic mass is 32.1. The van der Waals surface area contributed by atoms with Crippen molar-refractivity contribution < 1.29 is 14.6 Å². The van der Waals surface area contributed by atoms with Gasteiger partial charge in [-0.2, -0.15) is 9.64 Å². The predicted octanol–water partition coefficient (Wildman–Crippen LogP) is 4.63. The van der Waals surface area contributed by atoms with E-state index in [9.17, 15) is 9.90 Å². The summed E-state index contributed by atoms with van der Waals surface area (Å²) in [5, 5.41) is 20.6. The van der Waals surface area contributed by atoms with Crippen molar-refractivity contribution in [3.05, 3.63) is 101 Å². The van der Waals surface area contributed by atoms with Gasteiger partial charge in [-0.25, -0.2) is 4.98 Å². The van der Waals surface area contributed by atoms with Crippen molar-refractivity contribution in [2.45, 2.75) is 19.1 Å². The van der Waals surface area contributed by atoms with E-state index in [4.69, 9.17) is 10.00 Å². The average molecular weight is 512 g/mol. The lowest BCUT2D eigenvalue weighted by Crippen LogP contribution is -2.54. The third-order valence-corrected chi connectivity index (χ3v) is 7.06. The molecule has 1 amide bonds. The minimum atomic E-state index is -0.951. The first-order valence-corrected chi connectivity index (χ1v) is 12.7. The van der Waals surface area contributed by atoms with Crippen LogP contribution in [-0.4, -0.2) is 50.9 Å². The molecule has 1 saturated heterocycles. The molecule has 0 aliphatic carbocycles. The lowest BCUT2D eigenvalue weighted by atomic mass is 10.1. The number of piperazine rings is 1. The van der Waals surface area contributed by atoms with Crippen LogP contribution in [0.15, 0.2) is 78.9 Å². The summed E-state index contributed by atoms with van der Waals surface area (Å²) >= 11 is 1.24. The van der Waals surface area contributed by atoms with Crippen LogP contribution in [0, 0.1) is 11.3 Å². The van der Waals surface area contributed by atoms with Crippen LogP contribution < -0.4 is 9.64 Å². The maximum Gasteiger partial charge on any atom is 0.254 e. The molecule has 0 radical (unpaired) electrons. The lowest BCUT2D eigenvalue weighted by Gasteiger charge is -2.39. The zero-order valence-electron chi connectivity index (χ0n) is 20.2. The summed E-state index contributed by atoms with van der Waals surface area (Å²) in [6, 6.07) is 25.5. The van der Waals surface area contributed by atoms with Crippen LogP contribution in [0.3, 0.4) is 0 Å². The van der Waals surface area contributed by atoms with Crippen molar-refractivity contribution in [2.75, 3.05) is 24.5 Å². The molecule has 9 heteroatoms. The number of hydrogen-bond donors (Lipinski definition) is 1. The standard InChI is InChI=1S/C28H25N5O3S/c1-19-18-32(15-16-33(19)27(35)22-9-7-20(17-29)8-10-22)28-30-26(31-37-28)25(34)21-11-13-24(14-12-21)36-23-5-3-2-4-6-23/h2-14,19,25,34H,15-16,18H2,1H3. The Balaban J connectivity index is 1.21. The summed E-state index contributed by atoms with van der Waals surface area (Å²) in [7, 11) is 0. The first-order chi connectivity index (χ1) is 18.0. The Kier molecular flexibility index (Phi) is 7.12. The molecule has 2 unspecified atom stereocenters. The summed E-state index contributed by atoms with van der Waals surface area (Å²) in [5.41, 5.74) is 1.77. The molecule has 2 atom stereocenters. The highest BCUT2D eigenvalue weighted by Crippen LogP contribution is 2.29. The smallest absolute Gasteiger partial charge is 0.254 e. The number of aliphatic hydroxyl groups is 1. The van der Waals surface area contributed by atoms with Gasteiger partial charge in [0.2, 0.25) is 5.13 Å². The molecule has 3 aromatic carbocycles. The van der Waals surface area contributed by atoms with E-state index >= 15 is 0 Å². The highest BCUT2D eigenvalue weighted by molar-refractivity contribution is 7.09. The third-order valence-electron chi connectivity index (χ3n) is 6.27. The average Bonchev–Trinajstić information content (AvgIpc) is 3.44. The third kappa shape index (κ3) is 5.45. The Labute approximate surface area is 219 Å². The fraction of sp³-hybridized carbons (Fsp3) is 0.214. The van der Waals surface area contributed by atoms with Gasteiger partial charge in [-0.3, -0.25) is 4.79 Å². The number of anilines is 1. The molecule has 37 heavy (non-hydrogen) atoms. The van der Waals surface area contributed by atoms with Crippen LogP contribution >= 0.6 is 11.5 Å². The quantitative estimate of drug-likeness (QED) is 0.402. The molecule has 5 rings (SSSR count). The molecule has 1 N–H and O–H groups in total. The van der Waals surface area contributed by atoms with Crippen molar-refractivity contribution in [2.24, 2.45) is 0 Å². The number of nitrogens with zero attached hydrogens (tertiary/aromatic N) is 5. The SMILES string of the molecule is CC1CN(c2nc(C(O)c3ccc(Oc4ccccc4)cc3)ns2)CCN1C(=O)c1ccc(C#N)cc1. The van der Waals surface area contributed by atoms with Crippen LogP contribution in [0.4, 0.5) is 5.13 Å². The van der Waals surface area contributed by atoms with Gasteiger partial charge in [0.05, 0.1) is 11.6 Å². The van der Waals surface area contributed by atoms with Gasteiger partial charge in [-0.15, -0.1) is 0 Å². The van der Waals surface area contributed by atoms with E-state index in [0.29, 0.717) is 47.9 Å². The first kappa shape index (κ1) is 24.4. The minimum Gasteiger partial charge on any atom is -0.457 e.